The number of nitrogens with two attached hydrogens (primary N) is 2. The van der Waals surface area contributed by atoms with Gasteiger partial charge in [0.05, 0.1) is 0 Å². The molecule has 0 heterocycles. The molecule has 0 fully saturated rings. The summed E-state index contributed by atoms with van der Waals surface area (Å²) in [4.78, 5) is 23.8. The number of ether oxygens (including phenoxy) is 2. The summed E-state index contributed by atoms with van der Waals surface area (Å²) in [5, 5.41) is 5.65. The van der Waals surface area contributed by atoms with Crippen LogP contribution in [0, 0.1) is 0 Å². The molecule has 0 bridgehead atoms. The van der Waals surface area contributed by atoms with Gasteiger partial charge in [-0.05, 0) is 86.6 Å². The maximum absolute atomic E-state index is 11.9. The first-order valence-electron chi connectivity index (χ1n) is 14.2. The van der Waals surface area contributed by atoms with Crippen molar-refractivity contribution < 1.29 is 19.1 Å². The fourth-order valence-electron chi connectivity index (χ4n) is 4.12. The number of rotatable bonds is 19. The highest BCUT2D eigenvalue weighted by Crippen LogP contribution is 2.24. The Labute approximate surface area is 221 Å². The number of nitrogens with one attached hydrogen (secondary N) is 2. The first-order valence-corrected chi connectivity index (χ1v) is 14.2. The normalized spacial score (nSPS) is 12.3. The zero-order chi connectivity index (χ0) is 27.5. The lowest BCUT2D eigenvalue weighted by Gasteiger charge is -2.30. The lowest BCUT2D eigenvalue weighted by Crippen LogP contribution is -2.42. The number of carbonyl (C=O) groups excluding carboxylic acids is 2. The summed E-state index contributed by atoms with van der Waals surface area (Å²) in [5.74, 6) is 0. The van der Waals surface area contributed by atoms with Gasteiger partial charge >= 0.3 is 12.2 Å². The second-order valence-electron chi connectivity index (χ2n) is 12.1. The van der Waals surface area contributed by atoms with Crippen molar-refractivity contribution in [1.82, 2.24) is 10.6 Å². The van der Waals surface area contributed by atoms with E-state index in [1.165, 1.54) is 44.9 Å². The van der Waals surface area contributed by atoms with Crippen LogP contribution in [0.2, 0.25) is 0 Å². The van der Waals surface area contributed by atoms with Crippen molar-refractivity contribution >= 4 is 12.2 Å². The third-order valence-electron chi connectivity index (χ3n) is 5.92. The fourth-order valence-corrected chi connectivity index (χ4v) is 4.12. The Bertz CT molecular complexity index is 549. The van der Waals surface area contributed by atoms with E-state index in [1.54, 1.807) is 0 Å². The molecule has 8 heteroatoms. The van der Waals surface area contributed by atoms with Gasteiger partial charge in [-0.15, -0.1) is 0 Å². The van der Waals surface area contributed by atoms with E-state index < -0.39 is 23.4 Å². The van der Waals surface area contributed by atoms with Crippen LogP contribution < -0.4 is 22.1 Å². The third kappa shape index (κ3) is 22.9. The van der Waals surface area contributed by atoms with Gasteiger partial charge in [0, 0.05) is 18.6 Å². The van der Waals surface area contributed by atoms with Gasteiger partial charge in [-0.25, -0.2) is 9.59 Å². The maximum Gasteiger partial charge on any atom is 0.407 e. The van der Waals surface area contributed by atoms with Gasteiger partial charge < -0.3 is 31.6 Å². The maximum atomic E-state index is 11.9. The predicted octanol–water partition coefficient (Wildman–Crippen LogP) is 6.15. The molecule has 214 valence electrons. The molecule has 0 aliphatic heterocycles. The van der Waals surface area contributed by atoms with Crippen molar-refractivity contribution in [2.24, 2.45) is 11.5 Å². The van der Waals surface area contributed by atoms with Crippen LogP contribution in [0.3, 0.4) is 0 Å². The summed E-state index contributed by atoms with van der Waals surface area (Å²) in [6, 6.07) is 0. The van der Waals surface area contributed by atoms with E-state index in [9.17, 15) is 9.59 Å². The van der Waals surface area contributed by atoms with Gasteiger partial charge in [0.2, 0.25) is 0 Å². The average molecular weight is 515 g/mol. The van der Waals surface area contributed by atoms with E-state index in [2.05, 4.69) is 10.6 Å². The van der Waals surface area contributed by atoms with Crippen LogP contribution in [0.25, 0.3) is 0 Å². The Morgan fingerprint density at radius 1 is 0.583 bits per heavy atom. The third-order valence-corrected chi connectivity index (χ3v) is 5.92. The quantitative estimate of drug-likeness (QED) is 0.153. The predicted molar refractivity (Wildman–Crippen MR) is 149 cm³/mol. The molecule has 0 unspecified atom stereocenters. The van der Waals surface area contributed by atoms with E-state index in [4.69, 9.17) is 20.9 Å². The second-order valence-corrected chi connectivity index (χ2v) is 12.1. The van der Waals surface area contributed by atoms with Gasteiger partial charge in [0.25, 0.3) is 0 Å². The number of amides is 2. The van der Waals surface area contributed by atoms with Crippen LogP contribution in [0.15, 0.2) is 0 Å². The summed E-state index contributed by atoms with van der Waals surface area (Å²) in [5.41, 5.74) is 11.1. The van der Waals surface area contributed by atoms with Gasteiger partial charge in [0.15, 0.2) is 0 Å². The van der Waals surface area contributed by atoms with Crippen LogP contribution in [0.5, 0.6) is 0 Å². The van der Waals surface area contributed by atoms with E-state index in [-0.39, 0.29) is 5.54 Å². The molecule has 0 aromatic carbocycles. The molecule has 6 N–H and O–H groups in total. The first-order chi connectivity index (χ1) is 16.8. The lowest BCUT2D eigenvalue weighted by molar-refractivity contribution is 0.0516. The molecule has 2 amide bonds. The molecule has 0 aliphatic rings. The molecule has 8 nitrogen and oxygen atoms in total. The van der Waals surface area contributed by atoms with Gasteiger partial charge in [0.1, 0.15) is 11.2 Å². The molecule has 0 saturated heterocycles. The summed E-state index contributed by atoms with van der Waals surface area (Å²) in [6.07, 6.45) is 14.5. The zero-order valence-corrected chi connectivity index (χ0v) is 24.3. The molecule has 0 saturated carbocycles. The highest BCUT2D eigenvalue weighted by atomic mass is 16.6. The number of unbranched alkanes of at least 4 members (excludes halogenated alkanes) is 8. The monoisotopic (exact) mass is 514 g/mol. The second kappa shape index (κ2) is 18.7. The molecule has 0 aromatic rings. The Morgan fingerprint density at radius 3 is 1.28 bits per heavy atom. The van der Waals surface area contributed by atoms with E-state index in [0.29, 0.717) is 13.1 Å². The lowest BCUT2D eigenvalue weighted by atomic mass is 9.84. The summed E-state index contributed by atoms with van der Waals surface area (Å²) >= 11 is 0. The number of hydrogen-bond donors (Lipinski definition) is 4. The minimum Gasteiger partial charge on any atom is -0.444 e. The topological polar surface area (TPSA) is 129 Å². The van der Waals surface area contributed by atoms with Gasteiger partial charge in [-0.3, -0.25) is 0 Å². The summed E-state index contributed by atoms with van der Waals surface area (Å²) < 4.78 is 10.6. The molecule has 0 aliphatic carbocycles. The van der Waals surface area contributed by atoms with Crippen molar-refractivity contribution in [3.8, 4) is 0 Å². The highest BCUT2D eigenvalue weighted by molar-refractivity contribution is 5.67. The minimum atomic E-state index is -0.507. The molecular weight excluding hydrogens is 456 g/mol. The number of hydrogen-bond acceptors (Lipinski definition) is 6. The van der Waals surface area contributed by atoms with Crippen molar-refractivity contribution in [2.45, 2.75) is 148 Å². The smallest absolute Gasteiger partial charge is 0.407 e. The van der Waals surface area contributed by atoms with Crippen LogP contribution in [0.1, 0.15) is 131 Å². The Kier molecular flexibility index (Phi) is 17.9. The SMILES string of the molecule is CC(C)(C)OC(=O)NCCCC(N)(CCCCCCCCCCCN)CCCNC(=O)OC(C)(C)C. The molecule has 0 atom stereocenters. The van der Waals surface area contributed by atoms with E-state index in [0.717, 1.165) is 51.5 Å². The van der Waals surface area contributed by atoms with Gasteiger partial charge in [-0.1, -0.05) is 51.4 Å². The van der Waals surface area contributed by atoms with E-state index >= 15 is 0 Å². The number of carbonyl (C=O) groups is 2. The molecule has 0 radical (unpaired) electrons. The first kappa shape index (κ1) is 34.5. The van der Waals surface area contributed by atoms with Crippen molar-refractivity contribution in [3.05, 3.63) is 0 Å². The van der Waals surface area contributed by atoms with Crippen LogP contribution in [0.4, 0.5) is 9.59 Å². The molecule has 0 rings (SSSR count). The standard InChI is InChI=1S/C28H58N4O4/c1-26(2,3)35-24(33)31-22-16-19-28(30,20-17-23-32-25(34)36-27(4,5)6)18-14-12-10-8-7-9-11-13-15-21-29/h7-23,29-30H2,1-6H3,(H,31,33)(H,32,34). The van der Waals surface area contributed by atoms with Crippen molar-refractivity contribution in [3.63, 3.8) is 0 Å². The Morgan fingerprint density at radius 2 is 0.917 bits per heavy atom. The molecule has 0 aromatic heterocycles. The Balaban J connectivity index is 4.42. The molecule has 0 spiro atoms. The van der Waals surface area contributed by atoms with Crippen molar-refractivity contribution in [2.75, 3.05) is 19.6 Å². The largest absolute Gasteiger partial charge is 0.444 e. The van der Waals surface area contributed by atoms with Crippen LogP contribution >= 0.6 is 0 Å². The van der Waals surface area contributed by atoms with Crippen LogP contribution in [-0.2, 0) is 9.47 Å². The molecule has 36 heavy (non-hydrogen) atoms. The van der Waals surface area contributed by atoms with Gasteiger partial charge in [-0.2, -0.15) is 0 Å². The summed E-state index contributed by atoms with van der Waals surface area (Å²) in [7, 11) is 0. The highest BCUT2D eigenvalue weighted by Gasteiger charge is 2.24. The van der Waals surface area contributed by atoms with Crippen molar-refractivity contribution in [1.29, 1.82) is 0 Å². The fraction of sp³-hybridized carbons (Fsp3) is 0.929. The molecular formula is C28H58N4O4. The average Bonchev–Trinajstić information content (AvgIpc) is 2.73. The zero-order valence-electron chi connectivity index (χ0n) is 24.3. The Hall–Kier alpha value is -1.54. The minimum absolute atomic E-state index is 0.312. The summed E-state index contributed by atoms with van der Waals surface area (Å²) in [6.45, 7) is 13.0. The van der Waals surface area contributed by atoms with Crippen LogP contribution in [-0.4, -0.2) is 48.6 Å². The number of alkyl carbamates (subject to hydrolysis) is 2. The van der Waals surface area contributed by atoms with E-state index in [1.807, 2.05) is 41.5 Å².